The molecule has 0 aliphatic carbocycles. The van der Waals surface area contributed by atoms with Crippen molar-refractivity contribution in [2.24, 2.45) is 0 Å². The van der Waals surface area contributed by atoms with Crippen molar-refractivity contribution in [3.63, 3.8) is 0 Å². The second-order valence-electron chi connectivity index (χ2n) is 5.88. The number of fused-ring (bicyclic) bond motifs is 1. The Kier molecular flexibility index (Phi) is 5.42. The molecular weight excluding hydrogens is 358 g/mol. The maximum atomic E-state index is 12.8. The Morgan fingerprint density at radius 1 is 1.23 bits per heavy atom. The van der Waals surface area contributed by atoms with E-state index in [1.165, 1.54) is 14.2 Å². The highest BCUT2D eigenvalue weighted by Crippen LogP contribution is 2.36. The number of nitrogens with zero attached hydrogens (tertiary/aromatic N) is 1. The van der Waals surface area contributed by atoms with Crippen molar-refractivity contribution in [2.75, 3.05) is 34.4 Å². The van der Waals surface area contributed by atoms with E-state index in [2.05, 4.69) is 0 Å². The molecule has 1 atom stereocenters. The fourth-order valence-electron chi connectivity index (χ4n) is 2.80. The fourth-order valence-corrected chi connectivity index (χ4v) is 3.09. The van der Waals surface area contributed by atoms with Crippen molar-refractivity contribution in [1.82, 2.24) is 4.90 Å². The summed E-state index contributed by atoms with van der Waals surface area (Å²) < 4.78 is 22.0. The van der Waals surface area contributed by atoms with E-state index in [0.717, 1.165) is 0 Å². The molecule has 0 radical (unpaired) electrons. The summed E-state index contributed by atoms with van der Waals surface area (Å²) in [5.74, 6) is 2.00. The van der Waals surface area contributed by atoms with Crippen LogP contribution in [0, 0.1) is 0 Å². The largest absolute Gasteiger partial charge is 0.493 e. The predicted octanol–water partition coefficient (Wildman–Crippen LogP) is 3.27. The molecule has 1 aliphatic rings. The van der Waals surface area contributed by atoms with Crippen molar-refractivity contribution < 1.29 is 23.7 Å². The Balaban J connectivity index is 1.72. The van der Waals surface area contributed by atoms with Crippen molar-refractivity contribution in [1.29, 1.82) is 0 Å². The van der Waals surface area contributed by atoms with E-state index in [1.807, 2.05) is 24.3 Å². The molecule has 6 nitrogen and oxygen atoms in total. The van der Waals surface area contributed by atoms with E-state index in [9.17, 15) is 4.79 Å². The third-order valence-corrected chi connectivity index (χ3v) is 4.35. The van der Waals surface area contributed by atoms with Crippen LogP contribution in [0.1, 0.15) is 10.4 Å². The van der Waals surface area contributed by atoms with E-state index in [0.29, 0.717) is 46.7 Å². The molecular formula is C19H20ClNO5. The lowest BCUT2D eigenvalue weighted by Crippen LogP contribution is -2.41. The number of likely N-dealkylation sites (N-methyl/N-ethyl adjacent to an activating group) is 1. The molecule has 0 unspecified atom stereocenters. The quantitative estimate of drug-likeness (QED) is 0.800. The highest BCUT2D eigenvalue weighted by molar-refractivity contribution is 6.32. The number of hydrogen-bond acceptors (Lipinski definition) is 5. The van der Waals surface area contributed by atoms with Crippen LogP contribution in [0.2, 0.25) is 5.02 Å². The molecule has 3 rings (SSSR count). The molecule has 0 fully saturated rings. The molecule has 138 valence electrons. The average molecular weight is 378 g/mol. The fraction of sp³-hybridized carbons (Fsp3) is 0.316. The molecule has 0 N–H and O–H groups in total. The maximum Gasteiger partial charge on any atom is 0.253 e. The molecule has 0 spiro atoms. The van der Waals surface area contributed by atoms with Crippen molar-refractivity contribution in [3.8, 4) is 23.0 Å². The zero-order chi connectivity index (χ0) is 18.7. The standard InChI is InChI=1S/C19H20ClNO5/c1-21(10-13-11-25-15-6-4-5-7-16(15)26-13)19(22)12-8-14(20)18(24-3)17(9-12)23-2/h4-9,13H,10-11H2,1-3H3/t13-/m0/s1. The summed E-state index contributed by atoms with van der Waals surface area (Å²) in [6.07, 6.45) is -0.255. The van der Waals surface area contributed by atoms with Crippen LogP contribution in [0.5, 0.6) is 23.0 Å². The highest BCUT2D eigenvalue weighted by Gasteiger charge is 2.25. The molecule has 1 heterocycles. The molecule has 7 heteroatoms. The first-order valence-corrected chi connectivity index (χ1v) is 8.46. The van der Waals surface area contributed by atoms with Crippen LogP contribution >= 0.6 is 11.6 Å². The van der Waals surface area contributed by atoms with Gasteiger partial charge >= 0.3 is 0 Å². The summed E-state index contributed by atoms with van der Waals surface area (Å²) in [5.41, 5.74) is 0.410. The normalized spacial score (nSPS) is 15.3. The van der Waals surface area contributed by atoms with Crippen LogP contribution in [-0.2, 0) is 0 Å². The van der Waals surface area contributed by atoms with Gasteiger partial charge in [0.25, 0.3) is 5.91 Å². The number of benzene rings is 2. The SMILES string of the molecule is COc1cc(C(=O)N(C)C[C@H]2COc3ccccc3O2)cc(Cl)c1OC. The van der Waals surface area contributed by atoms with Gasteiger partial charge in [0.1, 0.15) is 6.61 Å². The Labute approximate surface area is 157 Å². The van der Waals surface area contributed by atoms with Gasteiger partial charge < -0.3 is 23.8 Å². The summed E-state index contributed by atoms with van der Waals surface area (Å²) in [7, 11) is 4.70. The summed E-state index contributed by atoms with van der Waals surface area (Å²) in [6, 6.07) is 10.6. The van der Waals surface area contributed by atoms with Crippen LogP contribution in [-0.4, -0.2) is 51.3 Å². The van der Waals surface area contributed by atoms with Gasteiger partial charge in [-0.05, 0) is 24.3 Å². The number of hydrogen-bond donors (Lipinski definition) is 0. The average Bonchev–Trinajstić information content (AvgIpc) is 2.66. The van der Waals surface area contributed by atoms with Gasteiger partial charge in [-0.2, -0.15) is 0 Å². The summed E-state index contributed by atoms with van der Waals surface area (Å²) in [4.78, 5) is 14.3. The predicted molar refractivity (Wildman–Crippen MR) is 97.9 cm³/mol. The van der Waals surface area contributed by atoms with E-state index >= 15 is 0 Å². The summed E-state index contributed by atoms with van der Waals surface area (Å²) >= 11 is 6.19. The lowest BCUT2D eigenvalue weighted by atomic mass is 10.1. The first-order valence-electron chi connectivity index (χ1n) is 8.09. The minimum atomic E-state index is -0.255. The van der Waals surface area contributed by atoms with Crippen LogP contribution < -0.4 is 18.9 Å². The van der Waals surface area contributed by atoms with Crippen molar-refractivity contribution in [2.45, 2.75) is 6.10 Å². The third kappa shape index (κ3) is 3.65. The number of para-hydroxylation sites is 2. The van der Waals surface area contributed by atoms with Gasteiger partial charge in [0.2, 0.25) is 0 Å². The van der Waals surface area contributed by atoms with E-state index < -0.39 is 0 Å². The summed E-state index contributed by atoms with van der Waals surface area (Å²) in [6.45, 7) is 0.750. The molecule has 0 aromatic heterocycles. The van der Waals surface area contributed by atoms with Gasteiger partial charge in [0.05, 0.1) is 25.8 Å². The number of amides is 1. The molecule has 26 heavy (non-hydrogen) atoms. The monoisotopic (exact) mass is 377 g/mol. The van der Waals surface area contributed by atoms with E-state index in [4.69, 9.17) is 30.5 Å². The summed E-state index contributed by atoms with van der Waals surface area (Å²) in [5, 5.41) is 0.315. The van der Waals surface area contributed by atoms with Crippen LogP contribution in [0.3, 0.4) is 0 Å². The maximum absolute atomic E-state index is 12.8. The Bertz CT molecular complexity index is 811. The number of carbonyl (C=O) groups is 1. The van der Waals surface area contributed by atoms with Gasteiger partial charge in [-0.1, -0.05) is 23.7 Å². The minimum absolute atomic E-state index is 0.199. The lowest BCUT2D eigenvalue weighted by Gasteiger charge is -2.29. The van der Waals surface area contributed by atoms with Gasteiger partial charge in [0.15, 0.2) is 29.1 Å². The van der Waals surface area contributed by atoms with Crippen molar-refractivity contribution >= 4 is 17.5 Å². The first-order chi connectivity index (χ1) is 12.5. The van der Waals surface area contributed by atoms with E-state index in [1.54, 1.807) is 24.1 Å². The van der Waals surface area contributed by atoms with Gasteiger partial charge in [-0.25, -0.2) is 0 Å². The Morgan fingerprint density at radius 3 is 2.65 bits per heavy atom. The topological polar surface area (TPSA) is 57.2 Å². The number of carbonyl (C=O) groups excluding carboxylic acids is 1. The van der Waals surface area contributed by atoms with Crippen molar-refractivity contribution in [3.05, 3.63) is 47.0 Å². The molecule has 0 bridgehead atoms. The Hall–Kier alpha value is -2.60. The van der Waals surface area contributed by atoms with E-state index in [-0.39, 0.29) is 12.0 Å². The molecule has 0 saturated carbocycles. The molecule has 1 aliphatic heterocycles. The number of rotatable bonds is 5. The smallest absolute Gasteiger partial charge is 0.253 e. The third-order valence-electron chi connectivity index (χ3n) is 4.07. The second kappa shape index (κ2) is 7.74. The first kappa shape index (κ1) is 18.2. The molecule has 2 aromatic rings. The lowest BCUT2D eigenvalue weighted by molar-refractivity contribution is 0.0520. The number of halogens is 1. The Morgan fingerprint density at radius 2 is 1.96 bits per heavy atom. The van der Waals surface area contributed by atoms with Gasteiger partial charge in [-0.3, -0.25) is 4.79 Å². The molecule has 0 saturated heterocycles. The van der Waals surface area contributed by atoms with Gasteiger partial charge in [0, 0.05) is 12.6 Å². The molecule has 2 aromatic carbocycles. The highest BCUT2D eigenvalue weighted by atomic mass is 35.5. The van der Waals surface area contributed by atoms with Crippen LogP contribution in [0.25, 0.3) is 0 Å². The number of methoxy groups -OCH3 is 2. The minimum Gasteiger partial charge on any atom is -0.493 e. The number of ether oxygens (including phenoxy) is 4. The van der Waals surface area contributed by atoms with Gasteiger partial charge in [-0.15, -0.1) is 0 Å². The second-order valence-corrected chi connectivity index (χ2v) is 6.28. The zero-order valence-corrected chi connectivity index (χ0v) is 15.6. The zero-order valence-electron chi connectivity index (χ0n) is 14.8. The van der Waals surface area contributed by atoms with Crippen LogP contribution in [0.4, 0.5) is 0 Å². The molecule has 1 amide bonds. The van der Waals surface area contributed by atoms with Crippen LogP contribution in [0.15, 0.2) is 36.4 Å².